The highest BCUT2D eigenvalue weighted by Crippen LogP contribution is 2.37. The SMILES string of the molecule is Cc1ccc(Sc2ccc(/C=C3\SC(=O)N(CCOc4ccc(Cl)cc4)C3=O)cc2[N+](=O)[O-])cc1. The lowest BCUT2D eigenvalue weighted by molar-refractivity contribution is -0.387. The van der Waals surface area contributed by atoms with E-state index in [9.17, 15) is 19.7 Å². The molecule has 0 aliphatic carbocycles. The van der Waals surface area contributed by atoms with Gasteiger partial charge in [0.15, 0.2) is 0 Å². The maximum absolute atomic E-state index is 12.8. The fourth-order valence-electron chi connectivity index (χ4n) is 3.22. The molecule has 35 heavy (non-hydrogen) atoms. The van der Waals surface area contributed by atoms with Gasteiger partial charge in [0.1, 0.15) is 12.4 Å². The van der Waals surface area contributed by atoms with Crippen LogP contribution in [-0.2, 0) is 4.79 Å². The summed E-state index contributed by atoms with van der Waals surface area (Å²) >= 11 is 7.94. The van der Waals surface area contributed by atoms with E-state index in [2.05, 4.69) is 0 Å². The van der Waals surface area contributed by atoms with Gasteiger partial charge in [0.2, 0.25) is 0 Å². The molecule has 1 heterocycles. The Morgan fingerprint density at radius 1 is 1.09 bits per heavy atom. The van der Waals surface area contributed by atoms with Crippen molar-refractivity contribution in [3.05, 3.63) is 97.9 Å². The predicted molar refractivity (Wildman–Crippen MR) is 138 cm³/mol. The van der Waals surface area contributed by atoms with Crippen LogP contribution in [0, 0.1) is 17.0 Å². The molecule has 3 aromatic carbocycles. The average Bonchev–Trinajstić information content (AvgIpc) is 3.10. The number of amides is 2. The van der Waals surface area contributed by atoms with Crippen LogP contribution in [0.2, 0.25) is 5.02 Å². The van der Waals surface area contributed by atoms with Gasteiger partial charge < -0.3 is 4.74 Å². The van der Waals surface area contributed by atoms with Gasteiger partial charge >= 0.3 is 0 Å². The van der Waals surface area contributed by atoms with Gasteiger partial charge in [-0.05, 0) is 72.8 Å². The Hall–Kier alpha value is -3.27. The molecule has 0 unspecified atom stereocenters. The van der Waals surface area contributed by atoms with Gasteiger partial charge in [0.05, 0.1) is 21.3 Å². The molecule has 1 saturated heterocycles. The summed E-state index contributed by atoms with van der Waals surface area (Å²) in [7, 11) is 0. The highest BCUT2D eigenvalue weighted by molar-refractivity contribution is 8.18. The van der Waals surface area contributed by atoms with Crippen molar-refractivity contribution in [3.63, 3.8) is 0 Å². The molecule has 178 valence electrons. The van der Waals surface area contributed by atoms with Gasteiger partial charge in [-0.1, -0.05) is 47.1 Å². The first-order valence-corrected chi connectivity index (χ1v) is 12.5. The summed E-state index contributed by atoms with van der Waals surface area (Å²) in [6.45, 7) is 2.18. The molecule has 1 aliphatic rings. The second-order valence-electron chi connectivity index (χ2n) is 7.54. The third kappa shape index (κ3) is 6.25. The lowest BCUT2D eigenvalue weighted by Gasteiger charge is -2.13. The number of nitro benzene ring substituents is 1. The number of rotatable bonds is 8. The van der Waals surface area contributed by atoms with Gasteiger partial charge in [-0.2, -0.15) is 0 Å². The Bertz CT molecular complexity index is 1310. The summed E-state index contributed by atoms with van der Waals surface area (Å²) in [6.07, 6.45) is 1.50. The standard InChI is InChI=1S/C25H19ClN2O5S2/c1-16-2-9-20(10-3-16)34-22-11-4-17(14-21(22)28(31)32)15-23-24(29)27(25(30)35-23)12-13-33-19-7-5-18(26)6-8-19/h2-11,14-15H,12-13H2,1H3/b23-15-. The number of carbonyl (C=O) groups excluding carboxylic acids is 2. The van der Waals surface area contributed by atoms with E-state index in [1.165, 1.54) is 23.9 Å². The minimum atomic E-state index is -0.458. The van der Waals surface area contributed by atoms with Crippen molar-refractivity contribution in [1.82, 2.24) is 4.90 Å². The van der Waals surface area contributed by atoms with Crippen molar-refractivity contribution < 1.29 is 19.2 Å². The molecule has 10 heteroatoms. The van der Waals surface area contributed by atoms with E-state index in [0.29, 0.717) is 21.2 Å². The summed E-state index contributed by atoms with van der Waals surface area (Å²) in [4.78, 5) is 39.1. The third-order valence-electron chi connectivity index (χ3n) is 5.00. The molecule has 7 nitrogen and oxygen atoms in total. The van der Waals surface area contributed by atoms with Crippen LogP contribution < -0.4 is 4.74 Å². The van der Waals surface area contributed by atoms with Crippen LogP contribution in [0.4, 0.5) is 10.5 Å². The number of halogens is 1. The average molecular weight is 527 g/mol. The quantitative estimate of drug-likeness (QED) is 0.180. The number of thioether (sulfide) groups is 1. The van der Waals surface area contributed by atoms with E-state index >= 15 is 0 Å². The fourth-order valence-corrected chi connectivity index (χ4v) is 5.11. The molecule has 1 fully saturated rings. The summed E-state index contributed by atoms with van der Waals surface area (Å²) in [5, 5.41) is 11.9. The summed E-state index contributed by atoms with van der Waals surface area (Å²) in [5.74, 6) is 0.119. The predicted octanol–water partition coefficient (Wildman–Crippen LogP) is 6.82. The molecule has 0 bridgehead atoms. The molecule has 0 saturated carbocycles. The van der Waals surface area contributed by atoms with Crippen LogP contribution in [0.1, 0.15) is 11.1 Å². The molecule has 0 radical (unpaired) electrons. The number of aryl methyl sites for hydroxylation is 1. The molecule has 1 aliphatic heterocycles. The van der Waals surface area contributed by atoms with E-state index < -0.39 is 16.1 Å². The monoisotopic (exact) mass is 526 g/mol. The number of carbonyl (C=O) groups is 2. The maximum Gasteiger partial charge on any atom is 0.293 e. The number of ether oxygens (including phenoxy) is 1. The highest BCUT2D eigenvalue weighted by atomic mass is 35.5. The van der Waals surface area contributed by atoms with Gasteiger partial charge in [-0.25, -0.2) is 0 Å². The fraction of sp³-hybridized carbons (Fsp3) is 0.120. The van der Waals surface area contributed by atoms with Gasteiger partial charge in [0.25, 0.3) is 16.8 Å². The first kappa shape index (κ1) is 24.8. The van der Waals surface area contributed by atoms with Crippen LogP contribution in [0.15, 0.2) is 81.4 Å². The van der Waals surface area contributed by atoms with Crippen LogP contribution in [0.5, 0.6) is 5.75 Å². The summed E-state index contributed by atoms with van der Waals surface area (Å²) < 4.78 is 5.57. The Kier molecular flexibility index (Phi) is 7.80. The largest absolute Gasteiger partial charge is 0.492 e. The van der Waals surface area contributed by atoms with Crippen LogP contribution in [0.25, 0.3) is 6.08 Å². The number of imide groups is 1. The van der Waals surface area contributed by atoms with E-state index in [1.54, 1.807) is 36.4 Å². The first-order valence-electron chi connectivity index (χ1n) is 10.5. The third-order valence-corrected chi connectivity index (χ3v) is 7.23. The van der Waals surface area contributed by atoms with E-state index in [-0.39, 0.29) is 23.7 Å². The number of benzene rings is 3. The Balaban J connectivity index is 1.46. The van der Waals surface area contributed by atoms with Crippen LogP contribution >= 0.6 is 35.1 Å². The van der Waals surface area contributed by atoms with Gasteiger partial charge in [0, 0.05) is 16.0 Å². The van der Waals surface area contributed by atoms with Crippen molar-refractivity contribution in [3.8, 4) is 5.75 Å². The maximum atomic E-state index is 12.8. The number of hydrogen-bond donors (Lipinski definition) is 0. The van der Waals surface area contributed by atoms with Crippen molar-refractivity contribution >= 4 is 58.0 Å². The molecule has 2 amide bonds. The van der Waals surface area contributed by atoms with E-state index in [0.717, 1.165) is 27.1 Å². The molecular weight excluding hydrogens is 508 g/mol. The van der Waals surface area contributed by atoms with E-state index in [4.69, 9.17) is 16.3 Å². The topological polar surface area (TPSA) is 89.8 Å². The second-order valence-corrected chi connectivity index (χ2v) is 10.1. The number of hydrogen-bond acceptors (Lipinski definition) is 7. The molecule has 0 aromatic heterocycles. The molecular formula is C25H19ClN2O5S2. The minimum absolute atomic E-state index is 0.0695. The minimum Gasteiger partial charge on any atom is -0.492 e. The first-order chi connectivity index (χ1) is 16.8. The normalized spacial score (nSPS) is 14.6. The molecule has 0 spiro atoms. The zero-order chi connectivity index (χ0) is 24.9. The Labute approximate surface area is 215 Å². The molecule has 0 atom stereocenters. The lowest BCUT2D eigenvalue weighted by Crippen LogP contribution is -2.32. The molecule has 4 rings (SSSR count). The molecule has 0 N–H and O–H groups in total. The summed E-state index contributed by atoms with van der Waals surface area (Å²) in [5.41, 5.74) is 1.50. The van der Waals surface area contributed by atoms with Crippen molar-refractivity contribution in [2.24, 2.45) is 0 Å². The smallest absolute Gasteiger partial charge is 0.293 e. The van der Waals surface area contributed by atoms with E-state index in [1.807, 2.05) is 31.2 Å². The van der Waals surface area contributed by atoms with Crippen LogP contribution in [0.3, 0.4) is 0 Å². The number of nitro groups is 1. The zero-order valence-electron chi connectivity index (χ0n) is 18.5. The van der Waals surface area contributed by atoms with Crippen molar-refractivity contribution in [2.75, 3.05) is 13.2 Å². The number of nitrogens with zero attached hydrogens (tertiary/aromatic N) is 2. The van der Waals surface area contributed by atoms with Crippen molar-refractivity contribution in [2.45, 2.75) is 16.7 Å². The van der Waals surface area contributed by atoms with Gasteiger partial charge in [-0.3, -0.25) is 24.6 Å². The zero-order valence-corrected chi connectivity index (χ0v) is 20.9. The Morgan fingerprint density at radius 2 is 1.80 bits per heavy atom. The Morgan fingerprint density at radius 3 is 2.49 bits per heavy atom. The van der Waals surface area contributed by atoms with Crippen LogP contribution in [-0.4, -0.2) is 34.1 Å². The molecule has 3 aromatic rings. The van der Waals surface area contributed by atoms with Crippen molar-refractivity contribution in [1.29, 1.82) is 0 Å². The highest BCUT2D eigenvalue weighted by Gasteiger charge is 2.35. The lowest BCUT2D eigenvalue weighted by atomic mass is 10.2. The second kappa shape index (κ2) is 11.0. The summed E-state index contributed by atoms with van der Waals surface area (Å²) in [6, 6.07) is 19.2. The van der Waals surface area contributed by atoms with Gasteiger partial charge in [-0.15, -0.1) is 0 Å².